The molecule has 0 radical (unpaired) electrons. The average Bonchev–Trinajstić information content (AvgIpc) is 2.44. The maximum atomic E-state index is 9.57. The number of likely N-dealkylation sites (N-methyl/N-ethyl adjacent to an activating group) is 1. The van der Waals surface area contributed by atoms with Gasteiger partial charge in [-0.2, -0.15) is 0 Å². The molecule has 0 aromatic heterocycles. The summed E-state index contributed by atoms with van der Waals surface area (Å²) in [4.78, 5) is 2.39. The minimum Gasteiger partial charge on any atom is -0.394 e. The number of aliphatic hydroxyl groups excluding tert-OH is 1. The van der Waals surface area contributed by atoms with Crippen LogP contribution in [0.25, 0.3) is 0 Å². The van der Waals surface area contributed by atoms with E-state index in [1.54, 1.807) is 0 Å². The van der Waals surface area contributed by atoms with Crippen molar-refractivity contribution in [1.82, 2.24) is 10.2 Å². The van der Waals surface area contributed by atoms with Gasteiger partial charge in [0.05, 0.1) is 12.7 Å². The zero-order valence-electron chi connectivity index (χ0n) is 14.5. The summed E-state index contributed by atoms with van der Waals surface area (Å²) in [7, 11) is 2.19. The van der Waals surface area contributed by atoms with Gasteiger partial charge >= 0.3 is 0 Å². The first kappa shape index (κ1) is 18.9. The van der Waals surface area contributed by atoms with Gasteiger partial charge in [-0.15, -0.1) is 0 Å². The van der Waals surface area contributed by atoms with Gasteiger partial charge in [-0.05, 0) is 52.6 Å². The van der Waals surface area contributed by atoms with E-state index in [4.69, 9.17) is 4.74 Å². The van der Waals surface area contributed by atoms with Gasteiger partial charge in [-0.3, -0.25) is 0 Å². The topological polar surface area (TPSA) is 44.7 Å². The molecule has 2 unspecified atom stereocenters. The second kappa shape index (κ2) is 9.78. The Morgan fingerprint density at radius 2 is 2.10 bits per heavy atom. The lowest BCUT2D eigenvalue weighted by atomic mass is 9.94. The molecule has 4 nitrogen and oxygen atoms in total. The summed E-state index contributed by atoms with van der Waals surface area (Å²) in [5.74, 6) is 0. The van der Waals surface area contributed by atoms with Crippen LogP contribution >= 0.6 is 0 Å². The van der Waals surface area contributed by atoms with Crippen molar-refractivity contribution in [2.75, 3.05) is 33.4 Å². The summed E-state index contributed by atoms with van der Waals surface area (Å²) in [6.45, 7) is 9.69. The summed E-state index contributed by atoms with van der Waals surface area (Å²) >= 11 is 0. The Hall–Kier alpha value is -0.160. The lowest BCUT2D eigenvalue weighted by Crippen LogP contribution is -2.49. The van der Waals surface area contributed by atoms with Gasteiger partial charge in [0.2, 0.25) is 0 Å². The summed E-state index contributed by atoms with van der Waals surface area (Å²) in [6, 6.07) is 0.410. The van der Waals surface area contributed by atoms with Gasteiger partial charge in [-0.1, -0.05) is 20.3 Å². The van der Waals surface area contributed by atoms with Crippen molar-refractivity contribution in [3.05, 3.63) is 0 Å². The van der Waals surface area contributed by atoms with E-state index in [2.05, 4.69) is 38.0 Å². The summed E-state index contributed by atoms with van der Waals surface area (Å²) in [5, 5.41) is 13.0. The SMILES string of the molecule is CC(C)NC(C)(CO)CCCCN(C)CC1CCCCO1. The van der Waals surface area contributed by atoms with Crippen LogP contribution in [0.3, 0.4) is 0 Å². The Morgan fingerprint density at radius 3 is 2.67 bits per heavy atom. The molecule has 1 aliphatic heterocycles. The minimum absolute atomic E-state index is 0.140. The molecule has 1 heterocycles. The fourth-order valence-electron chi connectivity index (χ4n) is 3.18. The van der Waals surface area contributed by atoms with Crippen molar-refractivity contribution < 1.29 is 9.84 Å². The highest BCUT2D eigenvalue weighted by Gasteiger charge is 2.23. The van der Waals surface area contributed by atoms with Crippen molar-refractivity contribution >= 4 is 0 Å². The van der Waals surface area contributed by atoms with Crippen LogP contribution in [0.1, 0.15) is 59.3 Å². The molecule has 2 N–H and O–H groups in total. The predicted molar refractivity (Wildman–Crippen MR) is 88.7 cm³/mol. The van der Waals surface area contributed by atoms with E-state index in [0.717, 1.165) is 32.5 Å². The first-order chi connectivity index (χ1) is 9.95. The molecule has 1 fully saturated rings. The first-order valence-electron chi connectivity index (χ1n) is 8.64. The molecular formula is C17H36N2O2. The van der Waals surface area contributed by atoms with E-state index < -0.39 is 0 Å². The zero-order chi connectivity index (χ0) is 15.7. The van der Waals surface area contributed by atoms with E-state index in [0.29, 0.717) is 12.1 Å². The Labute approximate surface area is 131 Å². The van der Waals surface area contributed by atoms with Crippen molar-refractivity contribution in [3.63, 3.8) is 0 Å². The van der Waals surface area contributed by atoms with Crippen LogP contribution in [0, 0.1) is 0 Å². The molecule has 1 saturated heterocycles. The van der Waals surface area contributed by atoms with Crippen LogP contribution < -0.4 is 5.32 Å². The number of nitrogens with one attached hydrogen (secondary N) is 1. The normalized spacial score (nSPS) is 22.7. The van der Waals surface area contributed by atoms with Crippen molar-refractivity contribution in [3.8, 4) is 0 Å². The Bertz CT molecular complexity index is 268. The molecule has 126 valence electrons. The highest BCUT2D eigenvalue weighted by atomic mass is 16.5. The van der Waals surface area contributed by atoms with Gasteiger partial charge in [0.1, 0.15) is 0 Å². The second-order valence-electron chi connectivity index (χ2n) is 7.23. The smallest absolute Gasteiger partial charge is 0.0701 e. The molecule has 0 spiro atoms. The number of nitrogens with zero attached hydrogens (tertiary/aromatic N) is 1. The molecule has 0 aromatic rings. The molecule has 1 rings (SSSR count). The van der Waals surface area contributed by atoms with E-state index >= 15 is 0 Å². The third-order valence-electron chi connectivity index (χ3n) is 4.29. The molecule has 4 heteroatoms. The second-order valence-corrected chi connectivity index (χ2v) is 7.23. The fraction of sp³-hybridized carbons (Fsp3) is 1.00. The third-order valence-corrected chi connectivity index (χ3v) is 4.29. The number of aliphatic hydroxyl groups is 1. The molecular weight excluding hydrogens is 264 g/mol. The Morgan fingerprint density at radius 1 is 1.33 bits per heavy atom. The van der Waals surface area contributed by atoms with Crippen LogP contribution in [-0.4, -0.2) is 61.0 Å². The maximum Gasteiger partial charge on any atom is 0.0701 e. The van der Waals surface area contributed by atoms with Gasteiger partial charge in [-0.25, -0.2) is 0 Å². The lowest BCUT2D eigenvalue weighted by Gasteiger charge is -2.31. The quantitative estimate of drug-likeness (QED) is 0.608. The monoisotopic (exact) mass is 300 g/mol. The molecule has 2 atom stereocenters. The third kappa shape index (κ3) is 8.15. The maximum absolute atomic E-state index is 9.57. The summed E-state index contributed by atoms with van der Waals surface area (Å²) in [6.07, 6.45) is 7.54. The van der Waals surface area contributed by atoms with E-state index in [1.165, 1.54) is 25.7 Å². The minimum atomic E-state index is -0.140. The Balaban J connectivity index is 2.14. The van der Waals surface area contributed by atoms with E-state index in [9.17, 15) is 5.11 Å². The van der Waals surface area contributed by atoms with Gasteiger partial charge in [0, 0.05) is 24.7 Å². The van der Waals surface area contributed by atoms with Gasteiger partial charge < -0.3 is 20.1 Å². The number of hydrogen-bond donors (Lipinski definition) is 2. The first-order valence-corrected chi connectivity index (χ1v) is 8.64. The van der Waals surface area contributed by atoms with Gasteiger partial charge in [0.15, 0.2) is 0 Å². The van der Waals surface area contributed by atoms with E-state index in [1.807, 2.05) is 0 Å². The Kier molecular flexibility index (Phi) is 8.79. The van der Waals surface area contributed by atoms with E-state index in [-0.39, 0.29) is 12.1 Å². The number of hydrogen-bond acceptors (Lipinski definition) is 4. The molecule has 0 saturated carbocycles. The lowest BCUT2D eigenvalue weighted by molar-refractivity contribution is -0.00170. The number of rotatable bonds is 10. The van der Waals surface area contributed by atoms with Crippen LogP contribution in [0.15, 0.2) is 0 Å². The fourth-order valence-corrected chi connectivity index (χ4v) is 3.18. The van der Waals surface area contributed by atoms with Crippen LogP contribution in [0.5, 0.6) is 0 Å². The molecule has 0 aromatic carbocycles. The highest BCUT2D eigenvalue weighted by molar-refractivity contribution is 4.83. The standard InChI is InChI=1S/C17H36N2O2/c1-15(2)18-17(3,14-20)10-6-7-11-19(4)13-16-9-5-8-12-21-16/h15-16,18,20H,5-14H2,1-4H3. The van der Waals surface area contributed by atoms with Gasteiger partial charge in [0.25, 0.3) is 0 Å². The largest absolute Gasteiger partial charge is 0.394 e. The predicted octanol–water partition coefficient (Wildman–Crippen LogP) is 2.41. The molecule has 0 aliphatic carbocycles. The summed E-state index contributed by atoms with van der Waals surface area (Å²) < 4.78 is 5.79. The van der Waals surface area contributed by atoms with Crippen LogP contribution in [0.2, 0.25) is 0 Å². The highest BCUT2D eigenvalue weighted by Crippen LogP contribution is 2.16. The number of unbranched alkanes of at least 4 members (excludes halogenated alkanes) is 1. The molecule has 0 amide bonds. The average molecular weight is 300 g/mol. The molecule has 21 heavy (non-hydrogen) atoms. The van der Waals surface area contributed by atoms with Crippen molar-refractivity contribution in [1.29, 1.82) is 0 Å². The van der Waals surface area contributed by atoms with Crippen LogP contribution in [-0.2, 0) is 4.74 Å². The summed E-state index contributed by atoms with van der Waals surface area (Å²) in [5.41, 5.74) is -0.140. The van der Waals surface area contributed by atoms with Crippen LogP contribution in [0.4, 0.5) is 0 Å². The number of ether oxygens (including phenoxy) is 1. The molecule has 1 aliphatic rings. The van der Waals surface area contributed by atoms with Crippen molar-refractivity contribution in [2.24, 2.45) is 0 Å². The van der Waals surface area contributed by atoms with Crippen molar-refractivity contribution in [2.45, 2.75) is 77.0 Å². The molecule has 0 bridgehead atoms. The zero-order valence-corrected chi connectivity index (χ0v) is 14.5.